The van der Waals surface area contributed by atoms with Gasteiger partial charge in [-0.1, -0.05) is 12.1 Å². The van der Waals surface area contributed by atoms with E-state index < -0.39 is 0 Å². The Morgan fingerprint density at radius 1 is 1.30 bits per heavy atom. The number of carbonyl (C=O) groups is 1. The second-order valence-electron chi connectivity index (χ2n) is 6.14. The van der Waals surface area contributed by atoms with Crippen LogP contribution in [0.5, 0.6) is 0 Å². The molecule has 1 aromatic carbocycles. The van der Waals surface area contributed by atoms with Crippen LogP contribution in [0.15, 0.2) is 29.1 Å². The van der Waals surface area contributed by atoms with Crippen molar-refractivity contribution in [2.45, 2.75) is 31.7 Å². The minimum atomic E-state index is -0.0509. The number of nitrogens with zero attached hydrogens (tertiary/aromatic N) is 2. The van der Waals surface area contributed by atoms with Gasteiger partial charge < -0.3 is 15.2 Å². The number of benzene rings is 1. The van der Waals surface area contributed by atoms with Gasteiger partial charge in [0.25, 0.3) is 0 Å². The summed E-state index contributed by atoms with van der Waals surface area (Å²) in [6, 6.07) is 7.94. The third-order valence-electron chi connectivity index (χ3n) is 4.62. The number of hydrogen-bond acceptors (Lipinski definition) is 3. The minimum absolute atomic E-state index is 0.0509. The number of likely N-dealkylation sites (tertiary alicyclic amines) is 1. The normalized spacial score (nSPS) is 16.1. The van der Waals surface area contributed by atoms with Crippen LogP contribution in [-0.2, 0) is 4.79 Å². The molecule has 1 saturated heterocycles. The maximum Gasteiger partial charge on any atom is 0.326 e. The summed E-state index contributed by atoms with van der Waals surface area (Å²) in [6.45, 7) is 2.33. The fourth-order valence-electron chi connectivity index (χ4n) is 3.38. The van der Waals surface area contributed by atoms with Gasteiger partial charge in [0.15, 0.2) is 0 Å². The molecule has 1 fully saturated rings. The van der Waals surface area contributed by atoms with Crippen LogP contribution in [0.4, 0.5) is 0 Å². The van der Waals surface area contributed by atoms with Gasteiger partial charge in [0.2, 0.25) is 5.91 Å². The van der Waals surface area contributed by atoms with Crippen molar-refractivity contribution in [2.75, 3.05) is 26.7 Å². The highest BCUT2D eigenvalue weighted by Gasteiger charge is 2.25. The number of piperidine rings is 1. The highest BCUT2D eigenvalue weighted by atomic mass is 16.2. The SMILES string of the molecule is CNCCCC(=O)N1CCC(n2c(=O)[nH]c3ccccc32)CC1. The van der Waals surface area contributed by atoms with Crippen LogP contribution in [-0.4, -0.2) is 47.0 Å². The molecule has 6 heteroatoms. The second-order valence-corrected chi connectivity index (χ2v) is 6.14. The Bertz CT molecular complexity index is 726. The zero-order valence-electron chi connectivity index (χ0n) is 13.5. The average molecular weight is 316 g/mol. The van der Waals surface area contributed by atoms with E-state index in [0.29, 0.717) is 6.42 Å². The van der Waals surface area contributed by atoms with Crippen LogP contribution < -0.4 is 11.0 Å². The summed E-state index contributed by atoms with van der Waals surface area (Å²) < 4.78 is 1.86. The number of aromatic nitrogens is 2. The first-order valence-corrected chi connectivity index (χ1v) is 8.32. The lowest BCUT2D eigenvalue weighted by Gasteiger charge is -2.32. The number of nitrogens with one attached hydrogen (secondary N) is 2. The minimum Gasteiger partial charge on any atom is -0.343 e. The van der Waals surface area contributed by atoms with Gasteiger partial charge in [0.05, 0.1) is 11.0 Å². The van der Waals surface area contributed by atoms with Gasteiger partial charge in [-0.2, -0.15) is 0 Å². The first-order valence-electron chi connectivity index (χ1n) is 8.32. The fraction of sp³-hybridized carbons (Fsp3) is 0.529. The monoisotopic (exact) mass is 316 g/mol. The van der Waals surface area contributed by atoms with E-state index in [1.807, 2.05) is 40.8 Å². The van der Waals surface area contributed by atoms with E-state index in [2.05, 4.69) is 10.3 Å². The number of H-pyrrole nitrogens is 1. The Hall–Kier alpha value is -2.08. The van der Waals surface area contributed by atoms with Gasteiger partial charge in [0, 0.05) is 25.6 Å². The zero-order valence-corrected chi connectivity index (χ0v) is 13.5. The number of fused-ring (bicyclic) bond motifs is 1. The van der Waals surface area contributed by atoms with Crippen molar-refractivity contribution in [3.05, 3.63) is 34.7 Å². The highest BCUT2D eigenvalue weighted by molar-refractivity contribution is 5.76. The molecule has 124 valence electrons. The van der Waals surface area contributed by atoms with Crippen LogP contribution in [0.25, 0.3) is 11.0 Å². The maximum absolute atomic E-state index is 12.2. The van der Waals surface area contributed by atoms with Crippen molar-refractivity contribution in [1.82, 2.24) is 19.8 Å². The van der Waals surface area contributed by atoms with Gasteiger partial charge in [-0.05, 0) is 45.0 Å². The van der Waals surface area contributed by atoms with Gasteiger partial charge in [-0.3, -0.25) is 9.36 Å². The quantitative estimate of drug-likeness (QED) is 0.821. The smallest absolute Gasteiger partial charge is 0.326 e. The lowest BCUT2D eigenvalue weighted by Crippen LogP contribution is -2.40. The average Bonchev–Trinajstić information content (AvgIpc) is 2.91. The number of hydrogen-bond donors (Lipinski definition) is 2. The molecule has 3 rings (SSSR count). The fourth-order valence-corrected chi connectivity index (χ4v) is 3.38. The molecule has 6 nitrogen and oxygen atoms in total. The first-order chi connectivity index (χ1) is 11.2. The Morgan fingerprint density at radius 2 is 2.04 bits per heavy atom. The van der Waals surface area contributed by atoms with Crippen molar-refractivity contribution in [2.24, 2.45) is 0 Å². The standard InChI is InChI=1S/C17H24N4O2/c1-18-10-4-7-16(22)20-11-8-13(9-12-20)21-15-6-3-2-5-14(15)19-17(21)23/h2-3,5-6,13,18H,4,7-12H2,1H3,(H,19,23). The summed E-state index contributed by atoms with van der Waals surface area (Å²) >= 11 is 0. The summed E-state index contributed by atoms with van der Waals surface area (Å²) in [5.41, 5.74) is 1.78. The topological polar surface area (TPSA) is 70.1 Å². The van der Waals surface area contributed by atoms with Crippen molar-refractivity contribution in [3.63, 3.8) is 0 Å². The number of imidazole rings is 1. The van der Waals surface area contributed by atoms with E-state index in [0.717, 1.165) is 49.9 Å². The molecular weight excluding hydrogens is 292 g/mol. The van der Waals surface area contributed by atoms with Gasteiger partial charge in [-0.15, -0.1) is 0 Å². The number of rotatable bonds is 5. The van der Waals surface area contributed by atoms with Crippen LogP contribution in [0.1, 0.15) is 31.7 Å². The molecule has 0 aliphatic carbocycles. The van der Waals surface area contributed by atoms with E-state index in [1.54, 1.807) is 0 Å². The third-order valence-corrected chi connectivity index (χ3v) is 4.62. The van der Waals surface area contributed by atoms with Crippen LogP contribution in [0, 0.1) is 0 Å². The summed E-state index contributed by atoms with van der Waals surface area (Å²) in [4.78, 5) is 29.3. The molecule has 0 atom stereocenters. The molecule has 0 spiro atoms. The summed E-state index contributed by atoms with van der Waals surface area (Å²) in [5.74, 6) is 0.227. The largest absolute Gasteiger partial charge is 0.343 e. The molecule has 2 N–H and O–H groups in total. The Morgan fingerprint density at radius 3 is 2.78 bits per heavy atom. The number of aromatic amines is 1. The van der Waals surface area contributed by atoms with E-state index in [1.165, 1.54) is 0 Å². The number of para-hydroxylation sites is 2. The van der Waals surface area contributed by atoms with Crippen molar-refractivity contribution in [1.29, 1.82) is 0 Å². The van der Waals surface area contributed by atoms with Gasteiger partial charge >= 0.3 is 5.69 Å². The Labute approximate surface area is 135 Å². The van der Waals surface area contributed by atoms with E-state index in [9.17, 15) is 9.59 Å². The Balaban J connectivity index is 1.65. The molecule has 1 aromatic heterocycles. The molecular formula is C17H24N4O2. The molecule has 2 heterocycles. The molecule has 0 bridgehead atoms. The van der Waals surface area contributed by atoms with Crippen molar-refractivity contribution >= 4 is 16.9 Å². The summed E-state index contributed by atoms with van der Waals surface area (Å²) in [7, 11) is 1.90. The van der Waals surface area contributed by atoms with Crippen LogP contribution in [0.3, 0.4) is 0 Å². The molecule has 1 aliphatic heterocycles. The lowest BCUT2D eigenvalue weighted by molar-refractivity contribution is -0.132. The summed E-state index contributed by atoms with van der Waals surface area (Å²) in [5, 5.41) is 3.06. The molecule has 0 saturated carbocycles. The van der Waals surface area contributed by atoms with Crippen molar-refractivity contribution < 1.29 is 4.79 Å². The number of amides is 1. The summed E-state index contributed by atoms with van der Waals surface area (Å²) in [6.07, 6.45) is 3.13. The molecule has 0 radical (unpaired) electrons. The third kappa shape index (κ3) is 3.32. The van der Waals surface area contributed by atoms with Crippen LogP contribution in [0.2, 0.25) is 0 Å². The predicted molar refractivity (Wildman–Crippen MR) is 90.6 cm³/mol. The van der Waals surface area contributed by atoms with E-state index >= 15 is 0 Å². The molecule has 1 aliphatic rings. The van der Waals surface area contributed by atoms with Crippen molar-refractivity contribution in [3.8, 4) is 0 Å². The predicted octanol–water partition coefficient (Wildman–Crippen LogP) is 1.49. The second kappa shape index (κ2) is 7.00. The van der Waals surface area contributed by atoms with E-state index in [4.69, 9.17) is 0 Å². The lowest BCUT2D eigenvalue weighted by atomic mass is 10.0. The Kier molecular flexibility index (Phi) is 4.81. The molecule has 2 aromatic rings. The molecule has 0 unspecified atom stereocenters. The zero-order chi connectivity index (χ0) is 16.2. The number of carbonyl (C=O) groups excluding carboxylic acids is 1. The first kappa shape index (κ1) is 15.8. The highest BCUT2D eigenvalue weighted by Crippen LogP contribution is 2.25. The van der Waals surface area contributed by atoms with Gasteiger partial charge in [0.1, 0.15) is 0 Å². The van der Waals surface area contributed by atoms with Crippen LogP contribution >= 0.6 is 0 Å². The molecule has 23 heavy (non-hydrogen) atoms. The van der Waals surface area contributed by atoms with Gasteiger partial charge in [-0.25, -0.2) is 4.79 Å². The molecule has 1 amide bonds. The van der Waals surface area contributed by atoms with E-state index in [-0.39, 0.29) is 17.6 Å². The maximum atomic E-state index is 12.2.